The van der Waals surface area contributed by atoms with E-state index in [-0.39, 0.29) is 30.9 Å². The molecule has 2 amide bonds. The van der Waals surface area contributed by atoms with Gasteiger partial charge in [-0.2, -0.15) is 0 Å². The number of amides is 2. The SMILES string of the molecule is COc1cccc(N2CC(C(=O)NCCOc3ccc4c(c3)OCO4)CC2=O)c1. The predicted octanol–water partition coefficient (Wildman–Crippen LogP) is 1.97. The summed E-state index contributed by atoms with van der Waals surface area (Å²) in [6.45, 7) is 1.21. The van der Waals surface area contributed by atoms with Gasteiger partial charge in [-0.25, -0.2) is 0 Å². The molecule has 0 aliphatic carbocycles. The zero-order valence-corrected chi connectivity index (χ0v) is 16.1. The third-order valence-corrected chi connectivity index (χ3v) is 4.87. The second-order valence-electron chi connectivity index (χ2n) is 6.76. The van der Waals surface area contributed by atoms with Gasteiger partial charge in [0, 0.05) is 30.8 Å². The Balaban J connectivity index is 1.25. The summed E-state index contributed by atoms with van der Waals surface area (Å²) in [7, 11) is 1.58. The van der Waals surface area contributed by atoms with Crippen LogP contribution >= 0.6 is 0 Å². The summed E-state index contributed by atoms with van der Waals surface area (Å²) in [6, 6.07) is 12.6. The monoisotopic (exact) mass is 398 g/mol. The normalized spacial score (nSPS) is 17.3. The van der Waals surface area contributed by atoms with Gasteiger partial charge in [0.2, 0.25) is 18.6 Å². The van der Waals surface area contributed by atoms with Gasteiger partial charge in [-0.15, -0.1) is 0 Å². The van der Waals surface area contributed by atoms with Crippen molar-refractivity contribution in [2.75, 3.05) is 38.5 Å². The Morgan fingerprint density at radius 3 is 2.90 bits per heavy atom. The highest BCUT2D eigenvalue weighted by Crippen LogP contribution is 2.35. The molecule has 2 aromatic carbocycles. The number of anilines is 1. The number of fused-ring (bicyclic) bond motifs is 1. The summed E-state index contributed by atoms with van der Waals surface area (Å²) in [4.78, 5) is 26.4. The van der Waals surface area contributed by atoms with Crippen LogP contribution in [0.2, 0.25) is 0 Å². The van der Waals surface area contributed by atoms with Gasteiger partial charge in [0.1, 0.15) is 18.1 Å². The molecule has 1 N–H and O–H groups in total. The van der Waals surface area contributed by atoms with Crippen LogP contribution in [0.5, 0.6) is 23.0 Å². The van der Waals surface area contributed by atoms with E-state index in [4.69, 9.17) is 18.9 Å². The van der Waals surface area contributed by atoms with Crippen molar-refractivity contribution in [2.45, 2.75) is 6.42 Å². The summed E-state index contributed by atoms with van der Waals surface area (Å²) < 4.78 is 21.4. The summed E-state index contributed by atoms with van der Waals surface area (Å²) in [5.74, 6) is 2.03. The van der Waals surface area contributed by atoms with E-state index in [0.29, 0.717) is 42.7 Å². The first-order chi connectivity index (χ1) is 14.1. The molecular weight excluding hydrogens is 376 g/mol. The summed E-state index contributed by atoms with van der Waals surface area (Å²) in [5, 5.41) is 2.84. The van der Waals surface area contributed by atoms with E-state index in [9.17, 15) is 9.59 Å². The van der Waals surface area contributed by atoms with Crippen LogP contribution in [0.4, 0.5) is 5.69 Å². The molecule has 2 aromatic rings. The number of benzene rings is 2. The molecule has 2 aliphatic rings. The zero-order valence-electron chi connectivity index (χ0n) is 16.1. The molecule has 2 heterocycles. The standard InChI is InChI=1S/C21H22N2O6/c1-26-16-4-2-3-15(10-16)23-12-14(9-20(23)24)21(25)22-7-8-27-17-5-6-18-19(11-17)29-13-28-18/h2-6,10-11,14H,7-9,12-13H2,1H3,(H,22,25). The first kappa shape index (κ1) is 18.9. The molecule has 152 valence electrons. The topological polar surface area (TPSA) is 86.3 Å². The Bertz CT molecular complexity index is 916. The second kappa shape index (κ2) is 8.30. The van der Waals surface area contributed by atoms with E-state index in [2.05, 4.69) is 5.32 Å². The maximum Gasteiger partial charge on any atom is 0.231 e. The third-order valence-electron chi connectivity index (χ3n) is 4.87. The van der Waals surface area contributed by atoms with Gasteiger partial charge in [0.25, 0.3) is 0 Å². The number of nitrogens with one attached hydrogen (secondary N) is 1. The van der Waals surface area contributed by atoms with Gasteiger partial charge in [-0.1, -0.05) is 6.07 Å². The number of nitrogens with zero attached hydrogens (tertiary/aromatic N) is 1. The molecule has 29 heavy (non-hydrogen) atoms. The highest BCUT2D eigenvalue weighted by molar-refractivity contribution is 6.00. The molecular formula is C21H22N2O6. The quantitative estimate of drug-likeness (QED) is 0.718. The van der Waals surface area contributed by atoms with Gasteiger partial charge in [-0.05, 0) is 24.3 Å². The fourth-order valence-electron chi connectivity index (χ4n) is 3.37. The average molecular weight is 398 g/mol. The molecule has 1 unspecified atom stereocenters. The molecule has 0 bridgehead atoms. The Morgan fingerprint density at radius 2 is 2.03 bits per heavy atom. The van der Waals surface area contributed by atoms with Gasteiger partial charge in [0.15, 0.2) is 11.5 Å². The van der Waals surface area contributed by atoms with Crippen LogP contribution in [0.1, 0.15) is 6.42 Å². The first-order valence-electron chi connectivity index (χ1n) is 9.38. The molecule has 0 aromatic heterocycles. The maximum atomic E-state index is 12.4. The summed E-state index contributed by atoms with van der Waals surface area (Å²) in [6.07, 6.45) is 0.187. The van der Waals surface area contributed by atoms with Crippen LogP contribution in [0, 0.1) is 5.92 Å². The van der Waals surface area contributed by atoms with E-state index in [1.165, 1.54) is 0 Å². The molecule has 8 nitrogen and oxygen atoms in total. The number of methoxy groups -OCH3 is 1. The van der Waals surface area contributed by atoms with Crippen molar-refractivity contribution in [3.05, 3.63) is 42.5 Å². The fraction of sp³-hybridized carbons (Fsp3) is 0.333. The Morgan fingerprint density at radius 1 is 1.17 bits per heavy atom. The predicted molar refractivity (Wildman–Crippen MR) is 105 cm³/mol. The van der Waals surface area contributed by atoms with Gasteiger partial charge in [0.05, 0.1) is 19.6 Å². The Kier molecular flexibility index (Phi) is 5.41. The number of hydrogen-bond acceptors (Lipinski definition) is 6. The molecule has 8 heteroatoms. The molecule has 1 saturated heterocycles. The largest absolute Gasteiger partial charge is 0.497 e. The number of hydrogen-bond donors (Lipinski definition) is 1. The zero-order chi connectivity index (χ0) is 20.2. The smallest absolute Gasteiger partial charge is 0.231 e. The van der Waals surface area contributed by atoms with Crippen LogP contribution in [-0.2, 0) is 9.59 Å². The number of carbonyl (C=O) groups is 2. The van der Waals surface area contributed by atoms with Crippen molar-refractivity contribution in [1.82, 2.24) is 5.32 Å². The van der Waals surface area contributed by atoms with Gasteiger partial charge < -0.3 is 29.2 Å². The lowest BCUT2D eigenvalue weighted by atomic mass is 10.1. The second-order valence-corrected chi connectivity index (χ2v) is 6.76. The lowest BCUT2D eigenvalue weighted by molar-refractivity contribution is -0.126. The molecule has 0 saturated carbocycles. The number of carbonyl (C=O) groups excluding carboxylic acids is 2. The summed E-state index contributed by atoms with van der Waals surface area (Å²) >= 11 is 0. The van der Waals surface area contributed by atoms with E-state index in [1.807, 2.05) is 18.2 Å². The van der Waals surface area contributed by atoms with Crippen LogP contribution in [-0.4, -0.2) is 45.4 Å². The molecule has 1 fully saturated rings. The number of rotatable bonds is 7. The Labute approximate surface area is 168 Å². The van der Waals surface area contributed by atoms with Gasteiger partial charge >= 0.3 is 0 Å². The lowest BCUT2D eigenvalue weighted by Gasteiger charge is -2.17. The van der Waals surface area contributed by atoms with Crippen molar-refractivity contribution >= 4 is 17.5 Å². The van der Waals surface area contributed by atoms with Crippen LogP contribution in [0.15, 0.2) is 42.5 Å². The minimum Gasteiger partial charge on any atom is -0.497 e. The van der Waals surface area contributed by atoms with Crippen molar-refractivity contribution in [3.63, 3.8) is 0 Å². The van der Waals surface area contributed by atoms with E-state index >= 15 is 0 Å². The molecule has 1 atom stereocenters. The highest BCUT2D eigenvalue weighted by atomic mass is 16.7. The maximum absolute atomic E-state index is 12.4. The third kappa shape index (κ3) is 4.21. The van der Waals surface area contributed by atoms with Crippen molar-refractivity contribution in [3.8, 4) is 23.0 Å². The van der Waals surface area contributed by atoms with Crippen LogP contribution < -0.4 is 29.2 Å². The first-order valence-corrected chi connectivity index (χ1v) is 9.38. The van der Waals surface area contributed by atoms with E-state index in [0.717, 1.165) is 5.69 Å². The molecule has 2 aliphatic heterocycles. The fourth-order valence-corrected chi connectivity index (χ4v) is 3.37. The van der Waals surface area contributed by atoms with Crippen LogP contribution in [0.25, 0.3) is 0 Å². The lowest BCUT2D eigenvalue weighted by Crippen LogP contribution is -2.35. The summed E-state index contributed by atoms with van der Waals surface area (Å²) in [5.41, 5.74) is 0.732. The van der Waals surface area contributed by atoms with Crippen LogP contribution in [0.3, 0.4) is 0 Å². The van der Waals surface area contributed by atoms with E-state index in [1.54, 1.807) is 36.3 Å². The minimum absolute atomic E-state index is 0.0741. The van der Waals surface area contributed by atoms with Crippen molar-refractivity contribution < 1.29 is 28.5 Å². The van der Waals surface area contributed by atoms with Crippen molar-refractivity contribution in [1.29, 1.82) is 0 Å². The highest BCUT2D eigenvalue weighted by Gasteiger charge is 2.35. The van der Waals surface area contributed by atoms with Gasteiger partial charge in [-0.3, -0.25) is 9.59 Å². The molecule has 0 radical (unpaired) electrons. The number of ether oxygens (including phenoxy) is 4. The van der Waals surface area contributed by atoms with Crippen molar-refractivity contribution in [2.24, 2.45) is 5.92 Å². The molecule has 4 rings (SSSR count). The minimum atomic E-state index is -0.390. The average Bonchev–Trinajstić information content (AvgIpc) is 3.37. The molecule has 0 spiro atoms. The van der Waals surface area contributed by atoms with E-state index < -0.39 is 0 Å². The Hall–Kier alpha value is -3.42.